The molecule has 0 saturated heterocycles. The molecule has 17 heavy (non-hydrogen) atoms. The highest BCUT2D eigenvalue weighted by molar-refractivity contribution is 9.10. The molecule has 0 unspecified atom stereocenters. The molecule has 3 nitrogen and oxygen atoms in total. The van der Waals surface area contributed by atoms with Gasteiger partial charge in [0.25, 0.3) is 6.43 Å². The number of nitrogens with zero attached hydrogens (tertiary/aromatic N) is 2. The Labute approximate surface area is 106 Å². The maximum Gasteiger partial charge on any atom is 0.255 e. The van der Waals surface area contributed by atoms with Crippen molar-refractivity contribution in [2.24, 2.45) is 0 Å². The molecular formula is C11H11BrF2N2O. The van der Waals surface area contributed by atoms with E-state index in [2.05, 4.69) is 15.9 Å². The van der Waals surface area contributed by atoms with E-state index in [1.807, 2.05) is 6.07 Å². The van der Waals surface area contributed by atoms with Gasteiger partial charge in [-0.1, -0.05) is 15.9 Å². The molecule has 0 heterocycles. The van der Waals surface area contributed by atoms with E-state index in [4.69, 9.17) is 10.4 Å². The summed E-state index contributed by atoms with van der Waals surface area (Å²) >= 11 is 3.21. The summed E-state index contributed by atoms with van der Waals surface area (Å²) in [6.45, 7) is -0.675. The van der Waals surface area contributed by atoms with E-state index in [0.717, 1.165) is 0 Å². The van der Waals surface area contributed by atoms with Gasteiger partial charge in [-0.2, -0.15) is 5.26 Å². The van der Waals surface area contributed by atoms with Crippen LogP contribution in [0.5, 0.6) is 0 Å². The molecular weight excluding hydrogens is 294 g/mol. The lowest BCUT2D eigenvalue weighted by molar-refractivity contribution is 0.153. The summed E-state index contributed by atoms with van der Waals surface area (Å²) in [6.07, 6.45) is -2.52. The van der Waals surface area contributed by atoms with E-state index in [9.17, 15) is 8.78 Å². The van der Waals surface area contributed by atoms with Crippen molar-refractivity contribution in [3.8, 4) is 6.07 Å². The van der Waals surface area contributed by atoms with Crippen molar-refractivity contribution in [1.29, 1.82) is 5.26 Å². The number of alkyl halides is 2. The zero-order chi connectivity index (χ0) is 12.8. The lowest BCUT2D eigenvalue weighted by atomic mass is 10.1. The third-order valence-corrected chi connectivity index (χ3v) is 2.64. The Morgan fingerprint density at radius 1 is 1.47 bits per heavy atom. The Morgan fingerprint density at radius 2 is 2.18 bits per heavy atom. The number of anilines is 1. The molecule has 1 N–H and O–H groups in total. The third kappa shape index (κ3) is 3.95. The number of hydrogen-bond donors (Lipinski definition) is 1. The van der Waals surface area contributed by atoms with Crippen molar-refractivity contribution in [1.82, 2.24) is 0 Å². The lowest BCUT2D eigenvalue weighted by Gasteiger charge is -2.24. The number of aliphatic hydroxyl groups is 1. The quantitative estimate of drug-likeness (QED) is 0.908. The monoisotopic (exact) mass is 304 g/mol. The Hall–Kier alpha value is -1.19. The minimum absolute atomic E-state index is 0.0701. The summed E-state index contributed by atoms with van der Waals surface area (Å²) in [6, 6.07) is 6.77. The molecule has 0 amide bonds. The van der Waals surface area contributed by atoms with Crippen molar-refractivity contribution < 1.29 is 13.9 Å². The van der Waals surface area contributed by atoms with Gasteiger partial charge >= 0.3 is 0 Å². The largest absolute Gasteiger partial charge is 0.395 e. The van der Waals surface area contributed by atoms with Crippen LogP contribution in [0, 0.1) is 11.3 Å². The van der Waals surface area contributed by atoms with Crippen LogP contribution >= 0.6 is 15.9 Å². The number of hydrogen-bond acceptors (Lipinski definition) is 3. The van der Waals surface area contributed by atoms with Gasteiger partial charge in [0, 0.05) is 11.0 Å². The van der Waals surface area contributed by atoms with E-state index >= 15 is 0 Å². The second kappa shape index (κ2) is 6.52. The zero-order valence-electron chi connectivity index (χ0n) is 8.91. The van der Waals surface area contributed by atoms with Crippen LogP contribution in [0.3, 0.4) is 0 Å². The van der Waals surface area contributed by atoms with E-state index in [-0.39, 0.29) is 13.2 Å². The maximum atomic E-state index is 12.4. The van der Waals surface area contributed by atoms with E-state index in [0.29, 0.717) is 15.7 Å². The molecule has 0 fully saturated rings. The van der Waals surface area contributed by atoms with Crippen LogP contribution < -0.4 is 4.90 Å². The van der Waals surface area contributed by atoms with Gasteiger partial charge in [0.05, 0.1) is 24.4 Å². The molecule has 0 aliphatic heterocycles. The Balaban J connectivity index is 3.05. The van der Waals surface area contributed by atoms with E-state index in [1.54, 1.807) is 18.2 Å². The van der Waals surface area contributed by atoms with Gasteiger partial charge in [0.2, 0.25) is 0 Å². The molecule has 1 rings (SSSR count). The van der Waals surface area contributed by atoms with Gasteiger partial charge in [0.15, 0.2) is 0 Å². The second-order valence-electron chi connectivity index (χ2n) is 3.33. The first-order valence-corrected chi connectivity index (χ1v) is 5.71. The second-order valence-corrected chi connectivity index (χ2v) is 4.25. The highest BCUT2D eigenvalue weighted by Crippen LogP contribution is 2.24. The molecule has 0 radical (unpaired) electrons. The summed E-state index contributed by atoms with van der Waals surface area (Å²) in [7, 11) is 0. The van der Waals surface area contributed by atoms with E-state index < -0.39 is 13.0 Å². The zero-order valence-corrected chi connectivity index (χ0v) is 10.5. The molecule has 0 bridgehead atoms. The Bertz CT molecular complexity index is 420. The van der Waals surface area contributed by atoms with Crippen molar-refractivity contribution >= 4 is 21.6 Å². The van der Waals surface area contributed by atoms with Crippen molar-refractivity contribution in [2.75, 3.05) is 24.6 Å². The topological polar surface area (TPSA) is 47.3 Å². The van der Waals surface area contributed by atoms with Crippen LogP contribution in [0.25, 0.3) is 0 Å². The predicted octanol–water partition coefficient (Wildman–Crippen LogP) is 2.38. The molecule has 1 aromatic carbocycles. The summed E-state index contributed by atoms with van der Waals surface area (Å²) < 4.78 is 25.5. The van der Waals surface area contributed by atoms with Gasteiger partial charge < -0.3 is 10.0 Å². The molecule has 0 saturated carbocycles. The van der Waals surface area contributed by atoms with Crippen LogP contribution in [0.1, 0.15) is 5.56 Å². The molecule has 0 spiro atoms. The summed E-state index contributed by atoms with van der Waals surface area (Å²) in [5.74, 6) is 0. The molecule has 92 valence electrons. The number of benzene rings is 1. The first-order chi connectivity index (χ1) is 8.08. The standard InChI is InChI=1S/C11H11BrF2N2O/c12-9-1-2-10(8(5-9)6-15)16(3-4-17)7-11(13)14/h1-2,5,11,17H,3-4,7H2. The van der Waals surface area contributed by atoms with Gasteiger partial charge in [-0.05, 0) is 18.2 Å². The Morgan fingerprint density at radius 3 is 2.71 bits per heavy atom. The molecule has 0 aromatic heterocycles. The van der Waals surface area contributed by atoms with Crippen LogP contribution in [0.4, 0.5) is 14.5 Å². The van der Waals surface area contributed by atoms with Gasteiger partial charge in [-0.25, -0.2) is 8.78 Å². The van der Waals surface area contributed by atoms with Crippen LogP contribution in [-0.4, -0.2) is 31.2 Å². The number of aliphatic hydroxyl groups excluding tert-OH is 1. The van der Waals surface area contributed by atoms with Gasteiger partial charge in [-0.3, -0.25) is 0 Å². The SMILES string of the molecule is N#Cc1cc(Br)ccc1N(CCO)CC(F)F. The van der Waals surface area contributed by atoms with E-state index in [1.165, 1.54) is 4.90 Å². The molecule has 1 aromatic rings. The number of halogens is 3. The molecule has 0 aliphatic rings. The average Bonchev–Trinajstić information content (AvgIpc) is 2.27. The lowest BCUT2D eigenvalue weighted by Crippen LogP contribution is -2.32. The highest BCUT2D eigenvalue weighted by Gasteiger charge is 2.15. The fourth-order valence-electron chi connectivity index (χ4n) is 1.47. The highest BCUT2D eigenvalue weighted by atomic mass is 79.9. The van der Waals surface area contributed by atoms with Crippen LogP contribution in [0.15, 0.2) is 22.7 Å². The summed E-state index contributed by atoms with van der Waals surface area (Å²) in [5, 5.41) is 17.8. The molecule has 6 heteroatoms. The molecule has 0 atom stereocenters. The van der Waals surface area contributed by atoms with Crippen molar-refractivity contribution in [3.63, 3.8) is 0 Å². The van der Waals surface area contributed by atoms with Gasteiger partial charge in [0.1, 0.15) is 6.07 Å². The molecule has 0 aliphatic carbocycles. The third-order valence-electron chi connectivity index (χ3n) is 2.15. The number of rotatable bonds is 5. The van der Waals surface area contributed by atoms with Gasteiger partial charge in [-0.15, -0.1) is 0 Å². The summed E-state index contributed by atoms with van der Waals surface area (Å²) in [5.41, 5.74) is 0.707. The predicted molar refractivity (Wildman–Crippen MR) is 64.2 cm³/mol. The fourth-order valence-corrected chi connectivity index (χ4v) is 1.83. The number of nitriles is 1. The minimum Gasteiger partial charge on any atom is -0.395 e. The normalized spacial score (nSPS) is 10.4. The first-order valence-electron chi connectivity index (χ1n) is 4.92. The fraction of sp³-hybridized carbons (Fsp3) is 0.364. The van der Waals surface area contributed by atoms with Crippen molar-refractivity contribution in [2.45, 2.75) is 6.43 Å². The summed E-state index contributed by atoms with van der Waals surface area (Å²) in [4.78, 5) is 1.30. The van der Waals surface area contributed by atoms with Crippen LogP contribution in [-0.2, 0) is 0 Å². The van der Waals surface area contributed by atoms with Crippen LogP contribution in [0.2, 0.25) is 0 Å². The minimum atomic E-state index is -2.52. The maximum absolute atomic E-state index is 12.4. The first kappa shape index (κ1) is 13.9. The van der Waals surface area contributed by atoms with Crippen molar-refractivity contribution in [3.05, 3.63) is 28.2 Å². The Kier molecular flexibility index (Phi) is 5.32. The average molecular weight is 305 g/mol. The smallest absolute Gasteiger partial charge is 0.255 e.